The van der Waals surface area contributed by atoms with Gasteiger partial charge in [-0.2, -0.15) is 0 Å². The average molecular weight is 383 g/mol. The highest BCUT2D eigenvalue weighted by Crippen LogP contribution is 2.39. The van der Waals surface area contributed by atoms with Gasteiger partial charge in [-0.3, -0.25) is 0 Å². The first kappa shape index (κ1) is 18.0. The van der Waals surface area contributed by atoms with Crippen LogP contribution in [-0.2, 0) is 0 Å². The molecule has 146 valence electrons. The first-order valence-electron chi connectivity index (χ1n) is 10.4. The van der Waals surface area contributed by atoms with Crippen LogP contribution in [0.1, 0.15) is 42.6 Å². The van der Waals surface area contributed by atoms with Crippen molar-refractivity contribution in [3.63, 3.8) is 0 Å². The summed E-state index contributed by atoms with van der Waals surface area (Å²) in [5.41, 5.74) is 8.45. The highest BCUT2D eigenvalue weighted by molar-refractivity contribution is 6.09. The van der Waals surface area contributed by atoms with Crippen LogP contribution in [0.3, 0.4) is 0 Å². The van der Waals surface area contributed by atoms with E-state index in [9.17, 15) is 0 Å². The molecular weight excluding hydrogens is 356 g/mol. The first-order chi connectivity index (χ1) is 14.2. The highest BCUT2D eigenvalue weighted by atomic mass is 16.5. The van der Waals surface area contributed by atoms with E-state index >= 15 is 0 Å². The summed E-state index contributed by atoms with van der Waals surface area (Å²) in [5.74, 6) is 0.823. The number of aryl methyl sites for hydroxylation is 2. The van der Waals surface area contributed by atoms with Crippen LogP contribution in [0.4, 0.5) is 0 Å². The van der Waals surface area contributed by atoms with Crippen molar-refractivity contribution in [2.45, 2.75) is 39.5 Å². The number of rotatable bonds is 3. The predicted molar refractivity (Wildman–Crippen MR) is 121 cm³/mol. The fourth-order valence-electron chi connectivity index (χ4n) is 4.64. The van der Waals surface area contributed by atoms with Crippen LogP contribution < -0.4 is 4.74 Å². The second-order valence-electron chi connectivity index (χ2n) is 7.94. The molecule has 0 N–H and O–H groups in total. The second-order valence-corrected chi connectivity index (χ2v) is 7.94. The van der Waals surface area contributed by atoms with Crippen LogP contribution in [0, 0.1) is 13.8 Å². The molecule has 29 heavy (non-hydrogen) atoms. The van der Waals surface area contributed by atoms with Crippen LogP contribution in [0.15, 0.2) is 54.6 Å². The zero-order chi connectivity index (χ0) is 20.0. The smallest absolute Gasteiger partial charge is 0.145 e. The van der Waals surface area contributed by atoms with Crippen molar-refractivity contribution in [1.82, 2.24) is 9.55 Å². The maximum absolute atomic E-state index is 5.64. The monoisotopic (exact) mass is 382 g/mol. The summed E-state index contributed by atoms with van der Waals surface area (Å²) in [6, 6.07) is 17.2. The van der Waals surface area contributed by atoms with E-state index < -0.39 is 0 Å². The van der Waals surface area contributed by atoms with Gasteiger partial charge in [-0.05, 0) is 68.9 Å². The molecule has 0 saturated heterocycles. The zero-order valence-electron chi connectivity index (χ0n) is 17.3. The second kappa shape index (κ2) is 7.07. The van der Waals surface area contributed by atoms with Gasteiger partial charge in [0.25, 0.3) is 0 Å². The van der Waals surface area contributed by atoms with Gasteiger partial charge in [-0.25, -0.2) is 4.98 Å². The Bertz CT molecular complexity index is 1260. The Hall–Kier alpha value is -3.07. The number of hydrogen-bond acceptors (Lipinski definition) is 2. The van der Waals surface area contributed by atoms with Crippen LogP contribution in [0.5, 0.6) is 5.75 Å². The van der Waals surface area contributed by atoms with Gasteiger partial charge in [-0.1, -0.05) is 36.4 Å². The number of ether oxygens (including phenoxy) is 1. The van der Waals surface area contributed by atoms with Crippen molar-refractivity contribution in [2.75, 3.05) is 7.11 Å². The first-order valence-corrected chi connectivity index (χ1v) is 10.4. The standard InChI is InChI=1S/C26H26N2O/c1-17-10-7-8-14-22(17)28-23(19-11-5-4-6-12-19)16-21-18(2)27-25-20(26(21)28)13-9-15-24(25)29-3/h7-11,13-16H,4-6,12H2,1-3H3. The van der Waals surface area contributed by atoms with E-state index in [2.05, 4.69) is 67.0 Å². The van der Waals surface area contributed by atoms with Gasteiger partial charge < -0.3 is 9.30 Å². The molecule has 3 heteroatoms. The highest BCUT2D eigenvalue weighted by Gasteiger charge is 2.21. The molecule has 1 aliphatic rings. The normalized spacial score (nSPS) is 14.4. The minimum Gasteiger partial charge on any atom is -0.494 e. The van der Waals surface area contributed by atoms with Gasteiger partial charge in [0.05, 0.1) is 12.6 Å². The fourth-order valence-corrected chi connectivity index (χ4v) is 4.64. The number of methoxy groups -OCH3 is 1. The number of para-hydroxylation sites is 2. The van der Waals surface area contributed by atoms with Crippen molar-refractivity contribution in [3.8, 4) is 11.4 Å². The molecular formula is C26H26N2O. The topological polar surface area (TPSA) is 27.1 Å². The fraction of sp³-hybridized carbons (Fsp3) is 0.269. The Morgan fingerprint density at radius 1 is 0.966 bits per heavy atom. The minimum absolute atomic E-state index is 0.823. The van der Waals surface area contributed by atoms with Crippen molar-refractivity contribution >= 4 is 27.4 Å². The molecule has 0 fully saturated rings. The van der Waals surface area contributed by atoms with E-state index in [4.69, 9.17) is 9.72 Å². The predicted octanol–water partition coefficient (Wildman–Crippen LogP) is 6.76. The van der Waals surface area contributed by atoms with Gasteiger partial charge in [0.15, 0.2) is 0 Å². The number of aromatic nitrogens is 2. The van der Waals surface area contributed by atoms with E-state index in [1.165, 1.54) is 46.3 Å². The molecule has 0 unspecified atom stereocenters. The molecule has 0 spiro atoms. The van der Waals surface area contributed by atoms with Gasteiger partial charge in [-0.15, -0.1) is 0 Å². The third-order valence-corrected chi connectivity index (χ3v) is 6.12. The Morgan fingerprint density at radius 3 is 2.59 bits per heavy atom. The SMILES string of the molecule is COc1cccc2c1nc(C)c1cc(C3=CCCCC3)n(-c3ccccc3C)c12. The number of nitrogens with zero attached hydrogens (tertiary/aromatic N) is 2. The number of allylic oxidation sites excluding steroid dienone is 2. The quantitative estimate of drug-likeness (QED) is 0.391. The molecule has 2 aromatic heterocycles. The number of benzene rings is 2. The zero-order valence-corrected chi connectivity index (χ0v) is 17.3. The van der Waals surface area contributed by atoms with Crippen molar-refractivity contribution < 1.29 is 4.74 Å². The van der Waals surface area contributed by atoms with Crippen molar-refractivity contribution in [3.05, 3.63) is 71.6 Å². The molecule has 2 heterocycles. The van der Waals surface area contributed by atoms with E-state index in [-0.39, 0.29) is 0 Å². The summed E-state index contributed by atoms with van der Waals surface area (Å²) >= 11 is 0. The molecule has 5 rings (SSSR count). The van der Waals surface area contributed by atoms with Crippen LogP contribution in [0.2, 0.25) is 0 Å². The molecule has 0 amide bonds. The third kappa shape index (κ3) is 2.84. The lowest BCUT2D eigenvalue weighted by Gasteiger charge is -2.19. The maximum atomic E-state index is 5.64. The molecule has 0 atom stereocenters. The van der Waals surface area contributed by atoms with E-state index in [1.807, 2.05) is 6.07 Å². The summed E-state index contributed by atoms with van der Waals surface area (Å²) < 4.78 is 8.10. The van der Waals surface area contributed by atoms with Gasteiger partial charge in [0.2, 0.25) is 0 Å². The lowest BCUT2D eigenvalue weighted by Crippen LogP contribution is -2.04. The summed E-state index contributed by atoms with van der Waals surface area (Å²) in [5, 5.41) is 2.35. The molecule has 2 aromatic carbocycles. The molecule has 0 bridgehead atoms. The number of pyridine rings is 1. The number of hydrogen-bond donors (Lipinski definition) is 0. The van der Waals surface area contributed by atoms with E-state index in [0.29, 0.717) is 0 Å². The van der Waals surface area contributed by atoms with Crippen molar-refractivity contribution in [2.24, 2.45) is 0 Å². The Kier molecular flexibility index (Phi) is 4.39. The van der Waals surface area contributed by atoms with Crippen molar-refractivity contribution in [1.29, 1.82) is 0 Å². The molecule has 0 radical (unpaired) electrons. The maximum Gasteiger partial charge on any atom is 0.145 e. The summed E-state index contributed by atoms with van der Waals surface area (Å²) in [6.45, 7) is 4.30. The van der Waals surface area contributed by atoms with Crippen LogP contribution in [0.25, 0.3) is 33.1 Å². The summed E-state index contributed by atoms with van der Waals surface area (Å²) in [6.07, 6.45) is 7.27. The molecule has 4 aromatic rings. The summed E-state index contributed by atoms with van der Waals surface area (Å²) in [7, 11) is 1.72. The van der Waals surface area contributed by atoms with Gasteiger partial charge >= 0.3 is 0 Å². The molecule has 3 nitrogen and oxygen atoms in total. The van der Waals surface area contributed by atoms with Gasteiger partial charge in [0, 0.05) is 27.8 Å². The molecule has 0 saturated carbocycles. The Balaban J connectivity index is 1.97. The third-order valence-electron chi connectivity index (χ3n) is 6.12. The molecule has 1 aliphatic carbocycles. The largest absolute Gasteiger partial charge is 0.494 e. The Labute approximate surface area is 171 Å². The Morgan fingerprint density at radius 2 is 1.83 bits per heavy atom. The van der Waals surface area contributed by atoms with Crippen LogP contribution >= 0.6 is 0 Å². The summed E-state index contributed by atoms with van der Waals surface area (Å²) in [4.78, 5) is 4.93. The van der Waals surface area contributed by atoms with E-state index in [1.54, 1.807) is 7.11 Å². The average Bonchev–Trinajstić information content (AvgIpc) is 3.16. The lowest BCUT2D eigenvalue weighted by molar-refractivity contribution is 0.419. The van der Waals surface area contributed by atoms with Gasteiger partial charge in [0.1, 0.15) is 11.3 Å². The number of fused-ring (bicyclic) bond motifs is 3. The van der Waals surface area contributed by atoms with Crippen LogP contribution in [-0.4, -0.2) is 16.7 Å². The minimum atomic E-state index is 0.823. The molecule has 0 aliphatic heterocycles. The lowest BCUT2D eigenvalue weighted by atomic mass is 9.97. The van der Waals surface area contributed by atoms with E-state index in [0.717, 1.165) is 35.2 Å².